The molecule has 4 heteroatoms. The van der Waals surface area contributed by atoms with E-state index in [9.17, 15) is 0 Å². The fourth-order valence-electron chi connectivity index (χ4n) is 3.16. The summed E-state index contributed by atoms with van der Waals surface area (Å²) < 4.78 is 6.14. The molecule has 2 saturated heterocycles. The first-order valence-electron chi connectivity index (χ1n) is 7.62. The number of rotatable bonds is 6. The summed E-state index contributed by atoms with van der Waals surface area (Å²) in [7, 11) is 2.13. The fourth-order valence-corrected chi connectivity index (χ4v) is 5.84. The van der Waals surface area contributed by atoms with Gasteiger partial charge in [0.25, 0.3) is 0 Å². The van der Waals surface area contributed by atoms with E-state index in [0.29, 0.717) is 6.04 Å². The highest BCUT2D eigenvalue weighted by molar-refractivity contribution is 7.99. The zero-order valence-corrected chi connectivity index (χ0v) is 14.2. The highest BCUT2D eigenvalue weighted by Gasteiger charge is 2.42. The van der Waals surface area contributed by atoms with E-state index in [2.05, 4.69) is 49.7 Å². The third-order valence-corrected chi connectivity index (χ3v) is 7.01. The van der Waals surface area contributed by atoms with Crippen molar-refractivity contribution in [1.82, 2.24) is 5.32 Å². The van der Waals surface area contributed by atoms with Crippen LogP contribution in [0.15, 0.2) is 0 Å². The Balaban J connectivity index is 1.83. The molecule has 0 bridgehead atoms. The van der Waals surface area contributed by atoms with Gasteiger partial charge in [0, 0.05) is 24.2 Å². The molecule has 0 aromatic carbocycles. The summed E-state index contributed by atoms with van der Waals surface area (Å²) in [6.45, 7) is 5.58. The molecule has 0 aromatic heterocycles. The molecule has 2 nitrogen and oxygen atoms in total. The molecule has 2 aliphatic heterocycles. The standard InChI is InChI=1S/C15H29NOS2/c1-12(2)9-19-10-14(16-3)13-4-6-17-15(8-13)5-7-18-11-15/h12-14,16H,4-11H2,1-3H3. The lowest BCUT2D eigenvalue weighted by Gasteiger charge is -2.41. The van der Waals surface area contributed by atoms with E-state index in [1.807, 2.05) is 0 Å². The maximum atomic E-state index is 6.14. The van der Waals surface area contributed by atoms with Crippen LogP contribution in [0, 0.1) is 11.8 Å². The summed E-state index contributed by atoms with van der Waals surface area (Å²) in [4.78, 5) is 0. The second-order valence-corrected chi connectivity index (χ2v) is 8.59. The highest BCUT2D eigenvalue weighted by atomic mass is 32.2. The van der Waals surface area contributed by atoms with Crippen molar-refractivity contribution in [3.05, 3.63) is 0 Å². The normalized spacial score (nSPS) is 33.2. The molecule has 2 fully saturated rings. The van der Waals surface area contributed by atoms with E-state index in [0.717, 1.165) is 18.4 Å². The molecular formula is C15H29NOS2. The maximum Gasteiger partial charge on any atom is 0.0783 e. The predicted octanol–water partition coefficient (Wildman–Crippen LogP) is 3.27. The minimum atomic E-state index is 0.228. The Bertz CT molecular complexity index is 267. The van der Waals surface area contributed by atoms with E-state index in [-0.39, 0.29) is 5.60 Å². The minimum absolute atomic E-state index is 0.228. The molecule has 0 aromatic rings. The van der Waals surface area contributed by atoms with Gasteiger partial charge in [-0.1, -0.05) is 13.8 Å². The molecule has 19 heavy (non-hydrogen) atoms. The highest BCUT2D eigenvalue weighted by Crippen LogP contribution is 2.41. The lowest BCUT2D eigenvalue weighted by Crippen LogP contribution is -2.47. The Kier molecular flexibility index (Phi) is 6.38. The van der Waals surface area contributed by atoms with Crippen molar-refractivity contribution in [3.8, 4) is 0 Å². The predicted molar refractivity (Wildman–Crippen MR) is 88.4 cm³/mol. The summed E-state index contributed by atoms with van der Waals surface area (Å²) in [5, 5.41) is 3.57. The second kappa shape index (κ2) is 7.58. The van der Waals surface area contributed by atoms with Gasteiger partial charge in [0.15, 0.2) is 0 Å². The molecule has 0 radical (unpaired) electrons. The molecule has 2 aliphatic rings. The SMILES string of the molecule is CNC(CSCC(C)C)C1CCOC2(CCSC2)C1. The van der Waals surface area contributed by atoms with E-state index < -0.39 is 0 Å². The summed E-state index contributed by atoms with van der Waals surface area (Å²) >= 11 is 4.18. The topological polar surface area (TPSA) is 21.3 Å². The van der Waals surface area contributed by atoms with Gasteiger partial charge in [-0.2, -0.15) is 23.5 Å². The Morgan fingerprint density at radius 3 is 2.89 bits per heavy atom. The van der Waals surface area contributed by atoms with Gasteiger partial charge in [0.1, 0.15) is 0 Å². The summed E-state index contributed by atoms with van der Waals surface area (Å²) in [5.74, 6) is 6.65. The van der Waals surface area contributed by atoms with Crippen molar-refractivity contribution < 1.29 is 4.74 Å². The van der Waals surface area contributed by atoms with Crippen molar-refractivity contribution in [2.45, 2.75) is 44.8 Å². The van der Waals surface area contributed by atoms with Crippen molar-refractivity contribution in [2.75, 3.05) is 36.7 Å². The van der Waals surface area contributed by atoms with Crippen LogP contribution < -0.4 is 5.32 Å². The smallest absolute Gasteiger partial charge is 0.0783 e. The number of ether oxygens (including phenoxy) is 1. The monoisotopic (exact) mass is 303 g/mol. The van der Waals surface area contributed by atoms with Crippen LogP contribution in [-0.2, 0) is 4.74 Å². The van der Waals surface area contributed by atoms with Gasteiger partial charge in [-0.3, -0.25) is 0 Å². The van der Waals surface area contributed by atoms with Crippen molar-refractivity contribution in [1.29, 1.82) is 0 Å². The molecule has 1 spiro atoms. The van der Waals surface area contributed by atoms with E-state index in [4.69, 9.17) is 4.74 Å². The maximum absolute atomic E-state index is 6.14. The fraction of sp³-hybridized carbons (Fsp3) is 1.00. The van der Waals surface area contributed by atoms with Crippen LogP contribution >= 0.6 is 23.5 Å². The zero-order chi connectivity index (χ0) is 13.7. The van der Waals surface area contributed by atoms with Crippen LogP contribution in [0.1, 0.15) is 33.1 Å². The molecule has 3 atom stereocenters. The molecule has 3 unspecified atom stereocenters. The molecule has 112 valence electrons. The molecule has 0 aliphatic carbocycles. The third kappa shape index (κ3) is 4.55. The first-order valence-corrected chi connectivity index (χ1v) is 9.93. The average molecular weight is 304 g/mol. The van der Waals surface area contributed by atoms with E-state index >= 15 is 0 Å². The molecular weight excluding hydrogens is 274 g/mol. The average Bonchev–Trinajstić information content (AvgIpc) is 2.82. The first kappa shape index (κ1) is 16.0. The summed E-state index contributed by atoms with van der Waals surface area (Å²) in [5.41, 5.74) is 0.228. The number of thioether (sulfide) groups is 2. The zero-order valence-electron chi connectivity index (χ0n) is 12.6. The summed E-state index contributed by atoms with van der Waals surface area (Å²) in [6, 6.07) is 0.662. The van der Waals surface area contributed by atoms with Gasteiger partial charge < -0.3 is 10.1 Å². The molecule has 0 amide bonds. The Hall–Kier alpha value is 0.620. The Morgan fingerprint density at radius 2 is 2.26 bits per heavy atom. The van der Waals surface area contributed by atoms with Crippen LogP contribution in [0.2, 0.25) is 0 Å². The van der Waals surface area contributed by atoms with Gasteiger partial charge in [-0.25, -0.2) is 0 Å². The van der Waals surface area contributed by atoms with Crippen LogP contribution in [-0.4, -0.2) is 48.3 Å². The number of hydrogen-bond donors (Lipinski definition) is 1. The van der Waals surface area contributed by atoms with Gasteiger partial charge in [0.05, 0.1) is 5.60 Å². The second-order valence-electron chi connectivity index (χ2n) is 6.41. The Labute approximate surface area is 127 Å². The van der Waals surface area contributed by atoms with Crippen LogP contribution in [0.5, 0.6) is 0 Å². The molecule has 2 rings (SSSR count). The number of hydrogen-bond acceptors (Lipinski definition) is 4. The van der Waals surface area contributed by atoms with Gasteiger partial charge in [-0.05, 0) is 49.7 Å². The quantitative estimate of drug-likeness (QED) is 0.812. The Morgan fingerprint density at radius 1 is 1.42 bits per heavy atom. The van der Waals surface area contributed by atoms with Crippen LogP contribution in [0.25, 0.3) is 0 Å². The first-order chi connectivity index (χ1) is 9.15. The van der Waals surface area contributed by atoms with Crippen molar-refractivity contribution in [2.24, 2.45) is 11.8 Å². The molecule has 2 heterocycles. The lowest BCUT2D eigenvalue weighted by molar-refractivity contribution is -0.0835. The van der Waals surface area contributed by atoms with Gasteiger partial charge in [0.2, 0.25) is 0 Å². The largest absolute Gasteiger partial charge is 0.374 e. The third-order valence-electron chi connectivity index (χ3n) is 4.29. The van der Waals surface area contributed by atoms with Gasteiger partial charge >= 0.3 is 0 Å². The summed E-state index contributed by atoms with van der Waals surface area (Å²) in [6.07, 6.45) is 3.78. The van der Waals surface area contributed by atoms with Gasteiger partial charge in [-0.15, -0.1) is 0 Å². The van der Waals surface area contributed by atoms with Crippen LogP contribution in [0.3, 0.4) is 0 Å². The van der Waals surface area contributed by atoms with Crippen LogP contribution in [0.4, 0.5) is 0 Å². The molecule has 1 N–H and O–H groups in total. The molecule has 0 saturated carbocycles. The minimum Gasteiger partial charge on any atom is -0.374 e. The van der Waals surface area contributed by atoms with E-state index in [1.54, 1.807) is 0 Å². The number of nitrogens with one attached hydrogen (secondary N) is 1. The van der Waals surface area contributed by atoms with Crippen molar-refractivity contribution in [3.63, 3.8) is 0 Å². The van der Waals surface area contributed by atoms with Crippen molar-refractivity contribution >= 4 is 23.5 Å². The van der Waals surface area contributed by atoms with E-state index in [1.165, 1.54) is 42.3 Å². The lowest BCUT2D eigenvalue weighted by atomic mass is 9.82.